The Hall–Kier alpha value is -3.72. The van der Waals surface area contributed by atoms with Crippen LogP contribution in [0.4, 0.5) is 0 Å². The minimum absolute atomic E-state index is 0.0541. The van der Waals surface area contributed by atoms with Crippen LogP contribution in [-0.4, -0.2) is 11.7 Å². The van der Waals surface area contributed by atoms with E-state index in [1.165, 1.54) is 22.5 Å². The van der Waals surface area contributed by atoms with Gasteiger partial charge < -0.3 is 9.47 Å². The Bertz CT molecular complexity index is 2070. The summed E-state index contributed by atoms with van der Waals surface area (Å²) in [6.45, 7) is 0.414. The third-order valence-corrected chi connectivity index (χ3v) is 9.93. The van der Waals surface area contributed by atoms with Crippen molar-refractivity contribution in [1.29, 1.82) is 0 Å². The molecule has 0 fully saturated rings. The van der Waals surface area contributed by atoms with E-state index in [0.717, 1.165) is 49.7 Å². The molecule has 0 saturated heterocycles. The molecule has 0 bridgehead atoms. The molecular weight excluding hydrogens is 688 g/mol. The van der Waals surface area contributed by atoms with Crippen molar-refractivity contribution in [3.05, 3.63) is 153 Å². The van der Waals surface area contributed by atoms with Crippen molar-refractivity contribution in [2.45, 2.75) is 25.5 Å². The zero-order chi connectivity index (χ0) is 29.5. The molecular formula is C35H26Br2N2O3S. The number of allylic oxidation sites excluding steroid dienone is 1. The molecule has 0 N–H and O–H groups in total. The molecule has 1 aromatic heterocycles. The smallest absolute Gasteiger partial charge is 0.271 e. The summed E-state index contributed by atoms with van der Waals surface area (Å²) in [6.07, 6.45) is 3.69. The normalized spacial score (nSPS) is 15.8. The lowest BCUT2D eigenvalue weighted by atomic mass is 9.83. The lowest BCUT2D eigenvalue weighted by molar-refractivity contribution is 0.282. The third-order valence-electron chi connectivity index (χ3n) is 7.83. The van der Waals surface area contributed by atoms with Crippen molar-refractivity contribution >= 4 is 55.0 Å². The molecule has 214 valence electrons. The highest BCUT2D eigenvalue weighted by molar-refractivity contribution is 9.10. The van der Waals surface area contributed by atoms with Crippen LogP contribution in [0.2, 0.25) is 0 Å². The van der Waals surface area contributed by atoms with Gasteiger partial charge in [-0.3, -0.25) is 9.36 Å². The molecule has 0 unspecified atom stereocenters. The summed E-state index contributed by atoms with van der Waals surface area (Å²) in [5.41, 5.74) is 7.54. The number of thiazole rings is 1. The van der Waals surface area contributed by atoms with Crippen molar-refractivity contribution in [1.82, 2.24) is 4.57 Å². The van der Waals surface area contributed by atoms with Gasteiger partial charge in [0, 0.05) is 10.0 Å². The molecule has 2 aliphatic rings. The maximum absolute atomic E-state index is 14.1. The van der Waals surface area contributed by atoms with Gasteiger partial charge in [-0.2, -0.15) is 0 Å². The Morgan fingerprint density at radius 3 is 2.53 bits per heavy atom. The summed E-state index contributed by atoms with van der Waals surface area (Å²) in [5, 5.41) is 0. The van der Waals surface area contributed by atoms with E-state index >= 15 is 0 Å². The van der Waals surface area contributed by atoms with Gasteiger partial charge in [-0.15, -0.1) is 0 Å². The van der Waals surface area contributed by atoms with Crippen LogP contribution in [0.15, 0.2) is 115 Å². The summed E-state index contributed by atoms with van der Waals surface area (Å²) in [7, 11) is 1.62. The molecule has 4 aromatic carbocycles. The van der Waals surface area contributed by atoms with Gasteiger partial charge in [0.1, 0.15) is 6.61 Å². The predicted octanol–water partition coefficient (Wildman–Crippen LogP) is 7.43. The van der Waals surface area contributed by atoms with Crippen molar-refractivity contribution in [2.75, 3.05) is 7.11 Å². The first kappa shape index (κ1) is 28.1. The van der Waals surface area contributed by atoms with Gasteiger partial charge in [0.2, 0.25) is 0 Å². The molecule has 0 saturated carbocycles. The Morgan fingerprint density at radius 1 is 0.977 bits per heavy atom. The predicted molar refractivity (Wildman–Crippen MR) is 178 cm³/mol. The van der Waals surface area contributed by atoms with Gasteiger partial charge in [0.15, 0.2) is 16.3 Å². The highest BCUT2D eigenvalue weighted by atomic mass is 79.9. The van der Waals surface area contributed by atoms with E-state index in [0.29, 0.717) is 27.4 Å². The number of rotatable bonds is 6. The van der Waals surface area contributed by atoms with E-state index in [2.05, 4.69) is 68.3 Å². The number of fused-ring (bicyclic) bond motifs is 3. The average molecular weight is 714 g/mol. The van der Waals surface area contributed by atoms with Crippen molar-refractivity contribution in [3.8, 4) is 11.5 Å². The van der Waals surface area contributed by atoms with E-state index in [1.54, 1.807) is 7.11 Å². The van der Waals surface area contributed by atoms with Crippen LogP contribution in [0.1, 0.15) is 40.3 Å². The van der Waals surface area contributed by atoms with E-state index in [-0.39, 0.29) is 11.6 Å². The number of hydrogen-bond acceptors (Lipinski definition) is 5. The fourth-order valence-corrected chi connectivity index (χ4v) is 7.65. The molecule has 1 aliphatic heterocycles. The molecule has 8 heteroatoms. The minimum atomic E-state index is -0.218. The molecule has 2 heterocycles. The molecule has 0 spiro atoms. The maximum atomic E-state index is 14.1. The average Bonchev–Trinajstić information content (AvgIpc) is 3.34. The largest absolute Gasteiger partial charge is 0.493 e. The molecule has 5 nitrogen and oxygen atoms in total. The van der Waals surface area contributed by atoms with Crippen LogP contribution in [-0.2, 0) is 13.0 Å². The second-order valence-corrected chi connectivity index (χ2v) is 13.3. The fraction of sp³-hybridized carbons (Fsp3) is 0.143. The van der Waals surface area contributed by atoms with E-state index in [9.17, 15) is 4.79 Å². The molecule has 0 amide bonds. The number of methoxy groups -OCH3 is 1. The monoisotopic (exact) mass is 712 g/mol. The SMILES string of the molecule is COc1cc(/C=c2/sc3n(c2=O)[C@H](c2ccc(Br)cc2)C2=C(N=3)c3ccccc3CC2)cc(Br)c1OCc1ccccc1. The Kier molecular flexibility index (Phi) is 7.67. The van der Waals surface area contributed by atoms with Crippen LogP contribution in [0, 0.1) is 0 Å². The fourth-order valence-electron chi connectivity index (χ4n) is 5.81. The number of ether oxygens (including phenoxy) is 2. The first-order chi connectivity index (χ1) is 21.0. The Morgan fingerprint density at radius 2 is 1.74 bits per heavy atom. The van der Waals surface area contributed by atoms with Crippen LogP contribution in [0.3, 0.4) is 0 Å². The minimum Gasteiger partial charge on any atom is -0.493 e. The van der Waals surface area contributed by atoms with Gasteiger partial charge in [-0.25, -0.2) is 4.99 Å². The summed E-state index contributed by atoms with van der Waals surface area (Å²) in [6, 6.07) is 30.4. The Balaban J connectivity index is 1.34. The molecule has 5 aromatic rings. The lowest BCUT2D eigenvalue weighted by Crippen LogP contribution is -2.38. The van der Waals surface area contributed by atoms with Crippen LogP contribution >= 0.6 is 43.2 Å². The number of benzene rings is 4. The van der Waals surface area contributed by atoms with Crippen LogP contribution < -0.4 is 24.4 Å². The van der Waals surface area contributed by atoms with Crippen molar-refractivity contribution in [2.24, 2.45) is 4.99 Å². The highest BCUT2D eigenvalue weighted by Crippen LogP contribution is 2.41. The number of hydrogen-bond donors (Lipinski definition) is 0. The summed E-state index contributed by atoms with van der Waals surface area (Å²) in [5.74, 6) is 1.20. The van der Waals surface area contributed by atoms with Crippen molar-refractivity contribution < 1.29 is 9.47 Å². The first-order valence-electron chi connectivity index (χ1n) is 13.9. The molecule has 7 rings (SSSR count). The lowest BCUT2D eigenvalue weighted by Gasteiger charge is -2.30. The van der Waals surface area contributed by atoms with Gasteiger partial charge in [-0.1, -0.05) is 94.0 Å². The second-order valence-electron chi connectivity index (χ2n) is 10.5. The number of nitrogens with zero attached hydrogens (tertiary/aromatic N) is 2. The summed E-state index contributed by atoms with van der Waals surface area (Å²) < 4.78 is 16.1. The van der Waals surface area contributed by atoms with E-state index in [1.807, 2.05) is 65.2 Å². The number of halogens is 2. The van der Waals surface area contributed by atoms with Gasteiger partial charge in [0.25, 0.3) is 5.56 Å². The van der Waals surface area contributed by atoms with Crippen LogP contribution in [0.25, 0.3) is 11.8 Å². The standard InChI is InChI=1S/C35H26Br2N2O3S/c1-41-29-18-22(17-28(37)33(29)42-20-21-7-3-2-4-8-21)19-30-34(40)39-32(24-11-14-25(36)15-12-24)27-16-13-23-9-5-6-10-26(23)31(27)38-35(39)43-30/h2-12,14-15,17-19,32H,13,16,20H2,1H3/b30-19+/t32-/m1/s1. The second kappa shape index (κ2) is 11.8. The van der Waals surface area contributed by atoms with Gasteiger partial charge >= 0.3 is 0 Å². The zero-order valence-corrected chi connectivity index (χ0v) is 27.2. The topological polar surface area (TPSA) is 52.8 Å². The molecule has 0 radical (unpaired) electrons. The Labute approximate surface area is 269 Å². The summed E-state index contributed by atoms with van der Waals surface area (Å²) in [4.78, 5) is 20.0. The van der Waals surface area contributed by atoms with Gasteiger partial charge in [-0.05, 0) is 86.9 Å². The van der Waals surface area contributed by atoms with Crippen LogP contribution in [0.5, 0.6) is 11.5 Å². The quantitative estimate of drug-likeness (QED) is 0.184. The first-order valence-corrected chi connectivity index (χ1v) is 16.3. The highest BCUT2D eigenvalue weighted by Gasteiger charge is 2.32. The zero-order valence-electron chi connectivity index (χ0n) is 23.2. The third kappa shape index (κ3) is 5.32. The van der Waals surface area contributed by atoms with Gasteiger partial charge in [0.05, 0.1) is 27.9 Å². The maximum Gasteiger partial charge on any atom is 0.271 e. The van der Waals surface area contributed by atoms with E-state index < -0.39 is 0 Å². The molecule has 43 heavy (non-hydrogen) atoms. The van der Waals surface area contributed by atoms with Crippen molar-refractivity contribution in [3.63, 3.8) is 0 Å². The number of aromatic nitrogens is 1. The molecule has 1 atom stereocenters. The summed E-state index contributed by atoms with van der Waals surface area (Å²) >= 11 is 8.65. The van der Waals surface area contributed by atoms with E-state index in [4.69, 9.17) is 14.5 Å². The number of aryl methyl sites for hydroxylation is 1. The molecule has 1 aliphatic carbocycles.